The SMILES string of the molecule is CCCN(c1ccc(C(N)=S)c(C)c1)C1CC1. The number of nitrogens with two attached hydrogens (primary N) is 1. The summed E-state index contributed by atoms with van der Waals surface area (Å²) in [6.07, 6.45) is 3.85. The smallest absolute Gasteiger partial charge is 0.104 e. The Morgan fingerprint density at radius 2 is 2.18 bits per heavy atom. The van der Waals surface area contributed by atoms with E-state index < -0.39 is 0 Å². The number of aryl methyl sites for hydroxylation is 1. The van der Waals surface area contributed by atoms with E-state index in [0.717, 1.165) is 18.2 Å². The number of thiocarbonyl (C=S) groups is 1. The Balaban J connectivity index is 2.25. The van der Waals surface area contributed by atoms with Gasteiger partial charge in [-0.25, -0.2) is 0 Å². The van der Waals surface area contributed by atoms with Crippen molar-refractivity contribution in [1.29, 1.82) is 0 Å². The lowest BCUT2D eigenvalue weighted by Gasteiger charge is -2.25. The number of anilines is 1. The van der Waals surface area contributed by atoms with Gasteiger partial charge in [0.25, 0.3) is 0 Å². The second-order valence-corrected chi connectivity index (χ2v) is 5.23. The van der Waals surface area contributed by atoms with Gasteiger partial charge in [0.05, 0.1) is 0 Å². The Bertz CT molecular complexity index is 424. The summed E-state index contributed by atoms with van der Waals surface area (Å²) in [5.74, 6) is 0. The normalized spacial score (nSPS) is 14.7. The first-order chi connectivity index (χ1) is 8.13. The van der Waals surface area contributed by atoms with Crippen molar-refractivity contribution < 1.29 is 0 Å². The van der Waals surface area contributed by atoms with Crippen LogP contribution in [0, 0.1) is 6.92 Å². The highest BCUT2D eigenvalue weighted by atomic mass is 32.1. The van der Waals surface area contributed by atoms with Gasteiger partial charge < -0.3 is 10.6 Å². The highest BCUT2D eigenvalue weighted by molar-refractivity contribution is 7.80. The molecule has 1 saturated carbocycles. The molecule has 0 amide bonds. The quantitative estimate of drug-likeness (QED) is 0.812. The van der Waals surface area contributed by atoms with Crippen molar-refractivity contribution in [1.82, 2.24) is 0 Å². The van der Waals surface area contributed by atoms with Gasteiger partial charge in [-0.05, 0) is 49.9 Å². The van der Waals surface area contributed by atoms with Crippen LogP contribution in [0.3, 0.4) is 0 Å². The highest BCUT2D eigenvalue weighted by Gasteiger charge is 2.28. The first-order valence-corrected chi connectivity index (χ1v) is 6.71. The van der Waals surface area contributed by atoms with Crippen LogP contribution in [0.5, 0.6) is 0 Å². The zero-order chi connectivity index (χ0) is 12.4. The number of rotatable bonds is 5. The summed E-state index contributed by atoms with van der Waals surface area (Å²) in [6, 6.07) is 7.17. The molecular weight excluding hydrogens is 228 g/mol. The molecule has 17 heavy (non-hydrogen) atoms. The zero-order valence-corrected chi connectivity index (χ0v) is 11.4. The van der Waals surface area contributed by atoms with Gasteiger partial charge in [-0.2, -0.15) is 0 Å². The first-order valence-electron chi connectivity index (χ1n) is 6.30. The van der Waals surface area contributed by atoms with E-state index in [1.54, 1.807) is 0 Å². The molecule has 1 fully saturated rings. The fourth-order valence-corrected chi connectivity index (χ4v) is 2.48. The third kappa shape index (κ3) is 2.78. The fraction of sp³-hybridized carbons (Fsp3) is 0.500. The summed E-state index contributed by atoms with van der Waals surface area (Å²) in [5.41, 5.74) is 9.18. The van der Waals surface area contributed by atoms with E-state index in [4.69, 9.17) is 18.0 Å². The van der Waals surface area contributed by atoms with E-state index in [2.05, 4.69) is 36.9 Å². The molecule has 2 rings (SSSR count). The van der Waals surface area contributed by atoms with E-state index in [-0.39, 0.29) is 0 Å². The molecule has 0 saturated heterocycles. The summed E-state index contributed by atoms with van der Waals surface area (Å²) in [7, 11) is 0. The van der Waals surface area contributed by atoms with Crippen LogP contribution in [0.4, 0.5) is 5.69 Å². The Labute approximate surface area is 109 Å². The standard InChI is InChI=1S/C14H20N2S/c1-3-8-16(11-4-5-11)12-6-7-13(14(15)17)10(2)9-12/h6-7,9,11H,3-5,8H2,1-2H3,(H2,15,17). The molecule has 1 aromatic carbocycles. The van der Waals surface area contributed by atoms with Crippen LogP contribution >= 0.6 is 12.2 Å². The third-order valence-corrected chi connectivity index (χ3v) is 3.48. The van der Waals surface area contributed by atoms with Crippen molar-refractivity contribution in [3.8, 4) is 0 Å². The minimum absolute atomic E-state index is 0.488. The average molecular weight is 248 g/mol. The predicted octanol–water partition coefficient (Wildman–Crippen LogP) is 3.01. The van der Waals surface area contributed by atoms with Crippen molar-refractivity contribution >= 4 is 22.9 Å². The molecule has 0 heterocycles. The van der Waals surface area contributed by atoms with Crippen LogP contribution in [0.15, 0.2) is 18.2 Å². The Kier molecular flexibility index (Phi) is 3.67. The van der Waals surface area contributed by atoms with Crippen LogP contribution in [-0.4, -0.2) is 17.6 Å². The molecule has 2 N–H and O–H groups in total. The number of hydrogen-bond donors (Lipinski definition) is 1. The summed E-state index contributed by atoms with van der Waals surface area (Å²) < 4.78 is 0. The molecule has 0 bridgehead atoms. The monoisotopic (exact) mass is 248 g/mol. The Morgan fingerprint density at radius 3 is 2.65 bits per heavy atom. The van der Waals surface area contributed by atoms with E-state index in [1.807, 2.05) is 0 Å². The molecule has 0 atom stereocenters. The molecule has 3 heteroatoms. The second-order valence-electron chi connectivity index (χ2n) is 4.79. The maximum atomic E-state index is 5.69. The first kappa shape index (κ1) is 12.4. The molecule has 1 aliphatic rings. The lowest BCUT2D eigenvalue weighted by Crippen LogP contribution is -2.26. The van der Waals surface area contributed by atoms with Gasteiger partial charge in [0.2, 0.25) is 0 Å². The van der Waals surface area contributed by atoms with Crippen LogP contribution in [0.2, 0.25) is 0 Å². The zero-order valence-electron chi connectivity index (χ0n) is 10.6. The molecule has 2 nitrogen and oxygen atoms in total. The lowest BCUT2D eigenvalue weighted by atomic mass is 10.1. The lowest BCUT2D eigenvalue weighted by molar-refractivity contribution is 0.763. The predicted molar refractivity (Wildman–Crippen MR) is 77.7 cm³/mol. The topological polar surface area (TPSA) is 29.3 Å². The second kappa shape index (κ2) is 5.05. The fourth-order valence-electron chi connectivity index (χ4n) is 2.25. The van der Waals surface area contributed by atoms with Crippen molar-refractivity contribution in [3.63, 3.8) is 0 Å². The van der Waals surface area contributed by atoms with Crippen molar-refractivity contribution in [2.75, 3.05) is 11.4 Å². The summed E-state index contributed by atoms with van der Waals surface area (Å²) >= 11 is 5.04. The van der Waals surface area contributed by atoms with E-state index in [1.165, 1.54) is 30.5 Å². The average Bonchev–Trinajstić information content (AvgIpc) is 3.09. The number of benzene rings is 1. The number of nitrogens with zero attached hydrogens (tertiary/aromatic N) is 1. The van der Waals surface area contributed by atoms with Gasteiger partial charge in [-0.3, -0.25) is 0 Å². The largest absolute Gasteiger partial charge is 0.389 e. The van der Waals surface area contributed by atoms with Gasteiger partial charge in [0, 0.05) is 23.8 Å². The molecule has 92 valence electrons. The molecule has 0 aromatic heterocycles. The highest BCUT2D eigenvalue weighted by Crippen LogP contribution is 2.32. The molecule has 0 radical (unpaired) electrons. The molecule has 1 aliphatic carbocycles. The van der Waals surface area contributed by atoms with Crippen molar-refractivity contribution in [2.45, 2.75) is 39.2 Å². The molecule has 0 aliphatic heterocycles. The van der Waals surface area contributed by atoms with Gasteiger partial charge in [-0.15, -0.1) is 0 Å². The maximum Gasteiger partial charge on any atom is 0.104 e. The van der Waals surface area contributed by atoms with Gasteiger partial charge in [0.1, 0.15) is 4.99 Å². The molecular formula is C14H20N2S. The van der Waals surface area contributed by atoms with E-state index >= 15 is 0 Å². The van der Waals surface area contributed by atoms with Gasteiger partial charge >= 0.3 is 0 Å². The number of hydrogen-bond acceptors (Lipinski definition) is 2. The summed E-state index contributed by atoms with van der Waals surface area (Å²) in [6.45, 7) is 5.44. The maximum absolute atomic E-state index is 5.69. The van der Waals surface area contributed by atoms with Crippen LogP contribution in [0.25, 0.3) is 0 Å². The Morgan fingerprint density at radius 1 is 1.47 bits per heavy atom. The molecule has 0 spiro atoms. The summed E-state index contributed by atoms with van der Waals surface area (Å²) in [4.78, 5) is 3.00. The van der Waals surface area contributed by atoms with E-state index in [0.29, 0.717) is 4.99 Å². The minimum atomic E-state index is 0.488. The van der Waals surface area contributed by atoms with Crippen LogP contribution < -0.4 is 10.6 Å². The minimum Gasteiger partial charge on any atom is -0.389 e. The van der Waals surface area contributed by atoms with Crippen molar-refractivity contribution in [3.05, 3.63) is 29.3 Å². The molecule has 0 unspecified atom stereocenters. The van der Waals surface area contributed by atoms with Crippen molar-refractivity contribution in [2.24, 2.45) is 5.73 Å². The third-order valence-electron chi connectivity index (χ3n) is 3.26. The van der Waals surface area contributed by atoms with E-state index in [9.17, 15) is 0 Å². The summed E-state index contributed by atoms with van der Waals surface area (Å²) in [5, 5.41) is 0. The Hall–Kier alpha value is -1.09. The van der Waals surface area contributed by atoms with Crippen LogP contribution in [0.1, 0.15) is 37.3 Å². The molecule has 1 aromatic rings. The van der Waals surface area contributed by atoms with Gasteiger partial charge in [-0.1, -0.05) is 19.1 Å². The van der Waals surface area contributed by atoms with Gasteiger partial charge in [0.15, 0.2) is 0 Å². The van der Waals surface area contributed by atoms with Crippen LogP contribution in [-0.2, 0) is 0 Å².